The number of primary amides is 1. The van der Waals surface area contributed by atoms with Gasteiger partial charge in [0.25, 0.3) is 5.91 Å². The minimum atomic E-state index is -4.54. The second kappa shape index (κ2) is 11.4. The number of aromatic nitrogens is 3. The van der Waals surface area contributed by atoms with E-state index in [0.29, 0.717) is 48.2 Å². The van der Waals surface area contributed by atoms with Crippen molar-refractivity contribution in [1.82, 2.24) is 20.3 Å². The molecule has 2 aromatic heterocycles. The van der Waals surface area contributed by atoms with E-state index in [9.17, 15) is 22.8 Å². The van der Waals surface area contributed by atoms with Gasteiger partial charge in [-0.3, -0.25) is 14.6 Å². The number of aliphatic imine (C=N–C) groups is 1. The first-order chi connectivity index (χ1) is 22.3. The fourth-order valence-corrected chi connectivity index (χ4v) is 7.27. The van der Waals surface area contributed by atoms with Crippen LogP contribution in [0, 0.1) is 19.8 Å². The van der Waals surface area contributed by atoms with Gasteiger partial charge < -0.3 is 16.0 Å². The maximum Gasteiger partial charge on any atom is 0.433 e. The van der Waals surface area contributed by atoms with Crippen LogP contribution in [0.5, 0.6) is 0 Å². The monoisotopic (exact) mass is 645 g/mol. The first kappa shape index (κ1) is 31.3. The third kappa shape index (κ3) is 6.09. The molecule has 0 radical (unpaired) electrons. The predicted molar refractivity (Wildman–Crippen MR) is 171 cm³/mol. The van der Waals surface area contributed by atoms with Crippen molar-refractivity contribution in [2.24, 2.45) is 16.6 Å². The van der Waals surface area contributed by atoms with Gasteiger partial charge in [-0.15, -0.1) is 0 Å². The lowest BCUT2D eigenvalue weighted by Crippen LogP contribution is -2.53. The minimum absolute atomic E-state index is 0.0182. The zero-order chi connectivity index (χ0) is 33.2. The Balaban J connectivity index is 1.19. The number of carbonyl (C=O) groups is 2. The number of nitrogens with two attached hydrogens (primary N) is 1. The molecule has 0 bridgehead atoms. The second-order valence-electron chi connectivity index (χ2n) is 13.7. The highest BCUT2D eigenvalue weighted by Gasteiger charge is 2.49. The summed E-state index contributed by atoms with van der Waals surface area (Å²) in [4.78, 5) is 45.5. The van der Waals surface area contributed by atoms with Crippen LogP contribution in [0.25, 0.3) is 11.1 Å². The molecule has 9 nitrogen and oxygen atoms in total. The molecule has 1 spiro atoms. The Bertz CT molecular complexity index is 1790. The number of benzene rings is 1. The van der Waals surface area contributed by atoms with E-state index in [0.717, 1.165) is 53.5 Å². The third-order valence-corrected chi connectivity index (χ3v) is 9.88. The van der Waals surface area contributed by atoms with Crippen molar-refractivity contribution in [3.63, 3.8) is 0 Å². The van der Waals surface area contributed by atoms with Crippen molar-refractivity contribution < 1.29 is 22.8 Å². The molecule has 1 saturated heterocycles. The fraction of sp³-hybridized carbons (Fsp3) is 0.486. The Hall–Kier alpha value is -4.35. The van der Waals surface area contributed by atoms with Crippen LogP contribution in [-0.2, 0) is 28.6 Å². The summed E-state index contributed by atoms with van der Waals surface area (Å²) < 4.78 is 40.4. The van der Waals surface area contributed by atoms with Crippen LogP contribution in [0.15, 0.2) is 35.3 Å². The molecule has 47 heavy (non-hydrogen) atoms. The predicted octanol–water partition coefficient (Wildman–Crippen LogP) is 5.34. The van der Waals surface area contributed by atoms with Gasteiger partial charge in [-0.1, -0.05) is 12.1 Å². The van der Waals surface area contributed by atoms with Crippen LogP contribution in [0.1, 0.15) is 91.1 Å². The number of nitrogens with zero attached hydrogens (tertiary/aromatic N) is 5. The van der Waals surface area contributed by atoms with Gasteiger partial charge in [-0.05, 0) is 94.5 Å². The zero-order valence-corrected chi connectivity index (χ0v) is 26.7. The highest BCUT2D eigenvalue weighted by molar-refractivity contribution is 6.16. The molecule has 4 aliphatic rings. The zero-order valence-electron chi connectivity index (χ0n) is 26.7. The van der Waals surface area contributed by atoms with Gasteiger partial charge in [0.05, 0.1) is 12.1 Å². The lowest BCUT2D eigenvalue weighted by atomic mass is 9.83. The average molecular weight is 646 g/mol. The number of halogens is 3. The average Bonchev–Trinajstić information content (AvgIpc) is 3.92. The Morgan fingerprint density at radius 3 is 2.40 bits per heavy atom. The largest absolute Gasteiger partial charge is 0.433 e. The van der Waals surface area contributed by atoms with Crippen LogP contribution >= 0.6 is 0 Å². The van der Waals surface area contributed by atoms with Crippen LogP contribution < -0.4 is 16.0 Å². The van der Waals surface area contributed by atoms with E-state index in [1.165, 1.54) is 24.5 Å². The Morgan fingerprint density at radius 2 is 1.79 bits per heavy atom. The van der Waals surface area contributed by atoms with E-state index in [-0.39, 0.29) is 24.3 Å². The summed E-state index contributed by atoms with van der Waals surface area (Å²) in [5.74, 6) is 0.637. The number of carbonyl (C=O) groups excluding carboxylic acids is 2. The maximum absolute atomic E-state index is 13.6. The molecular formula is C35H38F3N7O2. The second-order valence-corrected chi connectivity index (χ2v) is 13.7. The number of hydrogen-bond donors (Lipinski definition) is 2. The number of nitrogens with one attached hydrogen (secondary N) is 1. The van der Waals surface area contributed by atoms with Crippen LogP contribution in [0.3, 0.4) is 0 Å². The van der Waals surface area contributed by atoms with Crippen molar-refractivity contribution in [2.45, 2.75) is 95.8 Å². The summed E-state index contributed by atoms with van der Waals surface area (Å²) in [6.07, 6.45) is 1.31. The number of amides is 2. The molecule has 7 rings (SSSR count). The molecule has 3 N–H and O–H groups in total. The lowest BCUT2D eigenvalue weighted by Gasteiger charge is -2.43. The topological polar surface area (TPSA) is 126 Å². The Morgan fingerprint density at radius 1 is 1.06 bits per heavy atom. The summed E-state index contributed by atoms with van der Waals surface area (Å²) in [7, 11) is 0. The summed E-state index contributed by atoms with van der Waals surface area (Å²) in [6.45, 7) is 6.51. The first-order valence-corrected chi connectivity index (χ1v) is 16.3. The third-order valence-electron chi connectivity index (χ3n) is 9.88. The van der Waals surface area contributed by atoms with Gasteiger partial charge in [0, 0.05) is 53.1 Å². The minimum Gasteiger partial charge on any atom is -0.369 e. The molecule has 3 aromatic rings. The van der Waals surface area contributed by atoms with Crippen molar-refractivity contribution in [3.05, 3.63) is 70.1 Å². The van der Waals surface area contributed by atoms with Crippen molar-refractivity contribution in [1.29, 1.82) is 0 Å². The van der Waals surface area contributed by atoms with Gasteiger partial charge in [0.2, 0.25) is 5.91 Å². The van der Waals surface area contributed by atoms with Crippen molar-refractivity contribution >= 4 is 23.3 Å². The molecule has 3 fully saturated rings. The molecule has 2 amide bonds. The molecule has 246 valence electrons. The highest BCUT2D eigenvalue weighted by Crippen LogP contribution is 2.45. The molecule has 0 unspecified atom stereocenters. The molecule has 1 aromatic carbocycles. The van der Waals surface area contributed by atoms with Gasteiger partial charge >= 0.3 is 6.18 Å². The van der Waals surface area contributed by atoms with E-state index in [1.807, 2.05) is 13.8 Å². The van der Waals surface area contributed by atoms with E-state index >= 15 is 0 Å². The van der Waals surface area contributed by atoms with Crippen LogP contribution in [-0.4, -0.2) is 50.7 Å². The molecule has 2 aliphatic heterocycles. The fourth-order valence-electron chi connectivity index (χ4n) is 7.27. The number of hydrogen-bond acceptors (Lipinski definition) is 7. The number of rotatable bonds is 8. The Labute approximate surface area is 271 Å². The lowest BCUT2D eigenvalue weighted by molar-refractivity contribution is -0.141. The number of pyridine rings is 1. The van der Waals surface area contributed by atoms with Gasteiger partial charge in [0.1, 0.15) is 22.9 Å². The van der Waals surface area contributed by atoms with Crippen molar-refractivity contribution in [2.75, 3.05) is 11.4 Å². The summed E-state index contributed by atoms with van der Waals surface area (Å²) in [5, 5.41) is 2.92. The number of anilines is 1. The normalized spacial score (nSPS) is 22.9. The van der Waals surface area contributed by atoms with Crippen molar-refractivity contribution in [3.8, 4) is 11.1 Å². The maximum atomic E-state index is 13.6. The molecule has 2 atom stereocenters. The standard InChI is InChI=1S/C35H38F3N7O2/c1-18-17-34(33(47)43-32(44-34)25-10-11-27(35(36,37)38)42-31(25)22-6-7-22)12-13-45(18)26-15-24(9-8-23(26)14-21-4-5-21)30-19(2)40-29(16-28(39)46)41-20(30)3/h8-11,15,18,21-22H,4-7,12-14,16-17H2,1-3H3,(H2,39,46)(H,43,44,47)/t18-,34+/m0/s1. The number of piperidine rings is 1. The quantitative estimate of drug-likeness (QED) is 0.341. The molecule has 2 aliphatic carbocycles. The van der Waals surface area contributed by atoms with E-state index in [4.69, 9.17) is 10.7 Å². The van der Waals surface area contributed by atoms with E-state index < -0.39 is 23.3 Å². The number of amidine groups is 1. The summed E-state index contributed by atoms with van der Waals surface area (Å²) >= 11 is 0. The van der Waals surface area contributed by atoms with Gasteiger partial charge in [-0.2, -0.15) is 13.2 Å². The van der Waals surface area contributed by atoms with Gasteiger partial charge in [0.15, 0.2) is 0 Å². The number of aryl methyl sites for hydroxylation is 2. The highest BCUT2D eigenvalue weighted by atomic mass is 19.4. The summed E-state index contributed by atoms with van der Waals surface area (Å²) in [5.41, 5.74) is 10.1. The van der Waals surface area contributed by atoms with Crippen LogP contribution in [0.4, 0.5) is 18.9 Å². The van der Waals surface area contributed by atoms with E-state index in [1.54, 1.807) is 0 Å². The smallest absolute Gasteiger partial charge is 0.369 e. The number of alkyl halides is 3. The van der Waals surface area contributed by atoms with E-state index in [2.05, 4.69) is 50.3 Å². The molecular weight excluding hydrogens is 607 g/mol. The SMILES string of the molecule is Cc1nc(CC(N)=O)nc(C)c1-c1ccc(CC2CC2)c(N2CC[C@]3(C[C@@H]2C)N=C(c2ccc(C(F)(F)F)nc2C2CC2)NC3=O)c1. The Kier molecular flexibility index (Phi) is 7.59. The van der Waals surface area contributed by atoms with Crippen LogP contribution in [0.2, 0.25) is 0 Å². The first-order valence-electron chi connectivity index (χ1n) is 16.3. The molecule has 2 saturated carbocycles. The summed E-state index contributed by atoms with van der Waals surface area (Å²) in [6, 6.07) is 8.82. The molecule has 12 heteroatoms. The van der Waals surface area contributed by atoms with Gasteiger partial charge in [-0.25, -0.2) is 15.0 Å². The molecule has 4 heterocycles.